The molecule has 0 fully saturated rings. The molecular weight excluding hydrogens is 376 g/mol. The summed E-state index contributed by atoms with van der Waals surface area (Å²) >= 11 is 5.92. The summed E-state index contributed by atoms with van der Waals surface area (Å²) in [5, 5.41) is 14.1. The molecule has 2 amide bonds. The number of hydrogen-bond donors (Lipinski definition) is 2. The van der Waals surface area contributed by atoms with Crippen molar-refractivity contribution in [2.24, 2.45) is 0 Å². The van der Waals surface area contributed by atoms with Crippen LogP contribution in [-0.4, -0.2) is 29.8 Å². The number of hydrogen-bond acceptors (Lipinski definition) is 4. The quantitative estimate of drug-likeness (QED) is 0.700. The zero-order chi connectivity index (χ0) is 20.5. The average Bonchev–Trinajstić information content (AvgIpc) is 2.71. The number of anilines is 1. The number of benzene rings is 2. The molecule has 0 radical (unpaired) electrons. The molecule has 0 heterocycles. The minimum absolute atomic E-state index is 0.213. The van der Waals surface area contributed by atoms with Crippen molar-refractivity contribution in [2.45, 2.75) is 26.9 Å². The fourth-order valence-electron chi connectivity index (χ4n) is 2.60. The highest BCUT2D eigenvalue weighted by Gasteiger charge is 2.14. The zero-order valence-corrected chi connectivity index (χ0v) is 16.7. The molecule has 0 aliphatic heterocycles. The first-order chi connectivity index (χ1) is 13.5. The van der Waals surface area contributed by atoms with Gasteiger partial charge in [0.1, 0.15) is 6.07 Å². The number of carbonyl (C=O) groups excluding carboxylic acids is 2. The summed E-state index contributed by atoms with van der Waals surface area (Å²) in [4.78, 5) is 26.3. The molecule has 2 rings (SSSR count). The summed E-state index contributed by atoms with van der Waals surface area (Å²) in [6, 6.07) is 14.3. The van der Waals surface area contributed by atoms with Crippen molar-refractivity contribution >= 4 is 29.1 Å². The Hall–Kier alpha value is -2.88. The standard InChI is InChI=1S/C21H23ClN4O2/c1-3-26(4-2)14-16-7-5-15(6-8-16)13-24-20(27)21(28)25-18-10-9-17(12-23)19(22)11-18/h5-11H,3-4,13-14H2,1-2H3,(H,24,27)(H,25,28). The SMILES string of the molecule is CCN(CC)Cc1ccc(CNC(=O)C(=O)Nc2ccc(C#N)c(Cl)c2)cc1. The smallest absolute Gasteiger partial charge is 0.313 e. The van der Waals surface area contributed by atoms with Crippen molar-refractivity contribution in [1.29, 1.82) is 5.26 Å². The Bertz CT molecular complexity index is 871. The molecule has 0 spiro atoms. The lowest BCUT2D eigenvalue weighted by Crippen LogP contribution is -2.34. The fourth-order valence-corrected chi connectivity index (χ4v) is 2.82. The maximum atomic E-state index is 12.0. The van der Waals surface area contributed by atoms with Crippen molar-refractivity contribution in [3.8, 4) is 6.07 Å². The number of carbonyl (C=O) groups is 2. The highest BCUT2D eigenvalue weighted by Crippen LogP contribution is 2.20. The van der Waals surface area contributed by atoms with Gasteiger partial charge in [0.25, 0.3) is 0 Å². The van der Waals surface area contributed by atoms with E-state index in [0.29, 0.717) is 11.3 Å². The second kappa shape index (κ2) is 10.5. The van der Waals surface area contributed by atoms with Crippen LogP contribution in [0, 0.1) is 11.3 Å². The Morgan fingerprint density at radius 3 is 2.25 bits per heavy atom. The predicted molar refractivity (Wildman–Crippen MR) is 110 cm³/mol. The van der Waals surface area contributed by atoms with Crippen molar-refractivity contribution in [1.82, 2.24) is 10.2 Å². The van der Waals surface area contributed by atoms with Gasteiger partial charge in [-0.15, -0.1) is 0 Å². The minimum Gasteiger partial charge on any atom is -0.344 e. The van der Waals surface area contributed by atoms with Gasteiger partial charge in [-0.25, -0.2) is 0 Å². The molecule has 0 atom stereocenters. The Kier molecular flexibility index (Phi) is 8.00. The maximum absolute atomic E-state index is 12.0. The van der Waals surface area contributed by atoms with Crippen LogP contribution in [0.5, 0.6) is 0 Å². The van der Waals surface area contributed by atoms with Gasteiger partial charge in [-0.05, 0) is 42.4 Å². The Balaban J connectivity index is 1.86. The van der Waals surface area contributed by atoms with Crippen LogP contribution in [-0.2, 0) is 22.7 Å². The van der Waals surface area contributed by atoms with Crippen LogP contribution >= 0.6 is 11.6 Å². The minimum atomic E-state index is -0.793. The van der Waals surface area contributed by atoms with Gasteiger partial charge in [0, 0.05) is 18.8 Å². The predicted octanol–water partition coefficient (Wildman–Crippen LogP) is 3.31. The van der Waals surface area contributed by atoms with E-state index in [1.807, 2.05) is 30.3 Å². The average molecular weight is 399 g/mol. The van der Waals surface area contributed by atoms with E-state index < -0.39 is 11.8 Å². The van der Waals surface area contributed by atoms with E-state index in [0.717, 1.165) is 25.2 Å². The number of halogens is 1. The Morgan fingerprint density at radius 1 is 1.04 bits per heavy atom. The van der Waals surface area contributed by atoms with Gasteiger partial charge in [-0.2, -0.15) is 5.26 Å². The van der Waals surface area contributed by atoms with E-state index in [1.165, 1.54) is 23.8 Å². The molecule has 146 valence electrons. The van der Waals surface area contributed by atoms with Crippen LogP contribution in [0.2, 0.25) is 5.02 Å². The first kappa shape index (κ1) is 21.4. The largest absolute Gasteiger partial charge is 0.344 e. The second-order valence-electron chi connectivity index (χ2n) is 6.22. The number of nitrogens with zero attached hydrogens (tertiary/aromatic N) is 2. The second-order valence-corrected chi connectivity index (χ2v) is 6.63. The lowest BCUT2D eigenvalue weighted by Gasteiger charge is -2.18. The molecule has 6 nitrogen and oxygen atoms in total. The molecular formula is C21H23ClN4O2. The van der Waals surface area contributed by atoms with Crippen LogP contribution in [0.1, 0.15) is 30.5 Å². The first-order valence-electron chi connectivity index (χ1n) is 9.05. The van der Waals surface area contributed by atoms with Crippen molar-refractivity contribution in [3.05, 3.63) is 64.2 Å². The molecule has 2 aromatic rings. The van der Waals surface area contributed by atoms with Crippen LogP contribution < -0.4 is 10.6 Å². The van der Waals surface area contributed by atoms with E-state index in [-0.39, 0.29) is 11.6 Å². The zero-order valence-electron chi connectivity index (χ0n) is 16.0. The fraction of sp³-hybridized carbons (Fsp3) is 0.286. The number of nitrogens with one attached hydrogen (secondary N) is 2. The molecule has 0 aliphatic rings. The molecule has 2 N–H and O–H groups in total. The molecule has 0 unspecified atom stereocenters. The molecule has 0 bridgehead atoms. The van der Waals surface area contributed by atoms with Crippen LogP contribution in [0.15, 0.2) is 42.5 Å². The van der Waals surface area contributed by atoms with E-state index in [2.05, 4.69) is 29.4 Å². The summed E-state index contributed by atoms with van der Waals surface area (Å²) in [6.45, 7) is 7.39. The molecule has 0 saturated heterocycles. The maximum Gasteiger partial charge on any atom is 0.313 e. The number of rotatable bonds is 7. The summed E-state index contributed by atoms with van der Waals surface area (Å²) in [6.07, 6.45) is 0. The van der Waals surface area contributed by atoms with Gasteiger partial charge in [-0.1, -0.05) is 49.7 Å². The van der Waals surface area contributed by atoms with Crippen molar-refractivity contribution < 1.29 is 9.59 Å². The third-order valence-electron chi connectivity index (χ3n) is 4.33. The van der Waals surface area contributed by atoms with Crippen molar-refractivity contribution in [2.75, 3.05) is 18.4 Å². The van der Waals surface area contributed by atoms with E-state index in [1.54, 1.807) is 0 Å². The lowest BCUT2D eigenvalue weighted by atomic mass is 10.1. The lowest BCUT2D eigenvalue weighted by molar-refractivity contribution is -0.136. The third-order valence-corrected chi connectivity index (χ3v) is 4.64. The van der Waals surface area contributed by atoms with E-state index in [4.69, 9.17) is 16.9 Å². The Morgan fingerprint density at radius 2 is 1.68 bits per heavy atom. The van der Waals surface area contributed by atoms with Gasteiger partial charge < -0.3 is 10.6 Å². The molecule has 7 heteroatoms. The van der Waals surface area contributed by atoms with Crippen LogP contribution in [0.4, 0.5) is 5.69 Å². The monoisotopic (exact) mass is 398 g/mol. The Labute approximate surface area is 170 Å². The summed E-state index contributed by atoms with van der Waals surface area (Å²) in [7, 11) is 0. The van der Waals surface area contributed by atoms with Crippen molar-refractivity contribution in [3.63, 3.8) is 0 Å². The van der Waals surface area contributed by atoms with E-state index in [9.17, 15) is 9.59 Å². The van der Waals surface area contributed by atoms with Crippen LogP contribution in [0.25, 0.3) is 0 Å². The van der Waals surface area contributed by atoms with Gasteiger partial charge >= 0.3 is 11.8 Å². The van der Waals surface area contributed by atoms with Crippen LogP contribution in [0.3, 0.4) is 0 Å². The van der Waals surface area contributed by atoms with Gasteiger partial charge in [0.2, 0.25) is 0 Å². The molecule has 2 aromatic carbocycles. The first-order valence-corrected chi connectivity index (χ1v) is 9.43. The van der Waals surface area contributed by atoms with E-state index >= 15 is 0 Å². The molecule has 28 heavy (non-hydrogen) atoms. The highest BCUT2D eigenvalue weighted by molar-refractivity contribution is 6.39. The molecule has 0 aromatic heterocycles. The molecule has 0 saturated carbocycles. The van der Waals surface area contributed by atoms with Gasteiger partial charge in [-0.3, -0.25) is 14.5 Å². The summed E-state index contributed by atoms with van der Waals surface area (Å²) < 4.78 is 0. The highest BCUT2D eigenvalue weighted by atomic mass is 35.5. The molecule has 0 aliphatic carbocycles. The summed E-state index contributed by atoms with van der Waals surface area (Å²) in [5.41, 5.74) is 2.76. The number of nitriles is 1. The summed E-state index contributed by atoms with van der Waals surface area (Å²) in [5.74, 6) is -1.54. The number of amides is 2. The van der Waals surface area contributed by atoms with Gasteiger partial charge in [0.05, 0.1) is 10.6 Å². The third kappa shape index (κ3) is 6.08. The normalized spacial score (nSPS) is 10.4. The van der Waals surface area contributed by atoms with Gasteiger partial charge in [0.15, 0.2) is 0 Å². The topological polar surface area (TPSA) is 85.2 Å².